The van der Waals surface area contributed by atoms with Gasteiger partial charge in [-0.15, -0.1) is 0 Å². The SMILES string of the molecule is CCC(=O)N[C@H]1Cc2cccc(C)c2OB1O. The van der Waals surface area contributed by atoms with Crippen LogP contribution in [-0.4, -0.2) is 24.0 Å². The lowest BCUT2D eigenvalue weighted by Crippen LogP contribution is -2.53. The van der Waals surface area contributed by atoms with Crippen molar-refractivity contribution in [1.82, 2.24) is 5.32 Å². The number of hydrogen-bond acceptors (Lipinski definition) is 3. The molecule has 1 aromatic carbocycles. The van der Waals surface area contributed by atoms with Gasteiger partial charge in [-0.3, -0.25) is 4.79 Å². The van der Waals surface area contributed by atoms with Gasteiger partial charge in [-0.2, -0.15) is 0 Å². The molecule has 0 saturated heterocycles. The van der Waals surface area contributed by atoms with E-state index in [9.17, 15) is 9.82 Å². The molecule has 0 unspecified atom stereocenters. The maximum Gasteiger partial charge on any atom is 0.547 e. The number of benzene rings is 1. The van der Waals surface area contributed by atoms with Crippen LogP contribution in [0.2, 0.25) is 0 Å². The van der Waals surface area contributed by atoms with Crippen molar-refractivity contribution in [3.8, 4) is 5.75 Å². The third kappa shape index (κ3) is 2.44. The highest BCUT2D eigenvalue weighted by Gasteiger charge is 2.36. The molecule has 0 aromatic heterocycles. The number of para-hydroxylation sites is 1. The van der Waals surface area contributed by atoms with E-state index in [1.165, 1.54) is 0 Å². The second kappa shape index (κ2) is 4.79. The molecule has 1 aliphatic heterocycles. The number of aryl methyl sites for hydroxylation is 1. The van der Waals surface area contributed by atoms with E-state index in [4.69, 9.17) is 4.65 Å². The molecule has 4 nitrogen and oxygen atoms in total. The van der Waals surface area contributed by atoms with E-state index < -0.39 is 7.12 Å². The fourth-order valence-corrected chi connectivity index (χ4v) is 2.01. The van der Waals surface area contributed by atoms with Crippen molar-refractivity contribution in [3.05, 3.63) is 29.3 Å². The quantitative estimate of drug-likeness (QED) is 0.744. The largest absolute Gasteiger partial charge is 0.547 e. The van der Waals surface area contributed by atoms with Crippen LogP contribution in [0.15, 0.2) is 18.2 Å². The Kier molecular flexibility index (Phi) is 3.38. The standard InChI is InChI=1S/C12H16BNO3/c1-3-11(15)14-10-7-9-6-4-5-8(2)12(9)17-13(10)16/h4-6,10,16H,3,7H2,1-2H3,(H,14,15)/t10-/m0/s1. The summed E-state index contributed by atoms with van der Waals surface area (Å²) < 4.78 is 5.46. The van der Waals surface area contributed by atoms with Gasteiger partial charge >= 0.3 is 7.12 Å². The van der Waals surface area contributed by atoms with Crippen LogP contribution < -0.4 is 9.97 Å². The maximum atomic E-state index is 11.3. The summed E-state index contributed by atoms with van der Waals surface area (Å²) in [5, 5.41) is 12.6. The Bertz CT molecular complexity index is 436. The first-order valence-corrected chi connectivity index (χ1v) is 5.84. The fraction of sp³-hybridized carbons (Fsp3) is 0.417. The summed E-state index contributed by atoms with van der Waals surface area (Å²) in [5.41, 5.74) is 2.03. The molecule has 1 atom stereocenters. The highest BCUT2D eigenvalue weighted by Crippen LogP contribution is 2.29. The number of fused-ring (bicyclic) bond motifs is 1. The van der Waals surface area contributed by atoms with Gasteiger partial charge in [0.2, 0.25) is 5.91 Å². The Morgan fingerprint density at radius 2 is 2.41 bits per heavy atom. The Morgan fingerprint density at radius 3 is 3.12 bits per heavy atom. The molecule has 1 aromatic rings. The minimum atomic E-state index is -0.973. The first-order chi connectivity index (χ1) is 8.11. The summed E-state index contributed by atoms with van der Waals surface area (Å²) in [5.74, 6) is 0.299. The van der Waals surface area contributed by atoms with Crippen LogP contribution >= 0.6 is 0 Å². The predicted octanol–water partition coefficient (Wildman–Crippen LogP) is 0.844. The van der Waals surface area contributed by atoms with Gasteiger partial charge in [-0.1, -0.05) is 25.1 Å². The van der Waals surface area contributed by atoms with Crippen molar-refractivity contribution in [2.45, 2.75) is 32.6 Å². The van der Waals surface area contributed by atoms with Crippen molar-refractivity contribution in [1.29, 1.82) is 0 Å². The zero-order valence-electron chi connectivity index (χ0n) is 10.1. The third-order valence-electron chi connectivity index (χ3n) is 2.98. The predicted molar refractivity (Wildman–Crippen MR) is 65.7 cm³/mol. The molecule has 0 saturated carbocycles. The zero-order valence-corrected chi connectivity index (χ0v) is 10.1. The van der Waals surface area contributed by atoms with Gasteiger partial charge in [0, 0.05) is 6.42 Å². The molecule has 2 N–H and O–H groups in total. The Morgan fingerprint density at radius 1 is 1.65 bits per heavy atom. The lowest BCUT2D eigenvalue weighted by molar-refractivity contribution is -0.121. The molecule has 0 spiro atoms. The summed E-state index contributed by atoms with van der Waals surface area (Å²) in [4.78, 5) is 11.3. The summed E-state index contributed by atoms with van der Waals surface area (Å²) in [6, 6.07) is 5.85. The van der Waals surface area contributed by atoms with Gasteiger partial charge in [-0.05, 0) is 24.5 Å². The van der Waals surface area contributed by atoms with Gasteiger partial charge in [0.25, 0.3) is 0 Å². The second-order valence-electron chi connectivity index (χ2n) is 4.30. The van der Waals surface area contributed by atoms with E-state index in [2.05, 4.69) is 5.32 Å². The molecule has 1 aliphatic rings. The van der Waals surface area contributed by atoms with Crippen LogP contribution in [0, 0.1) is 6.92 Å². The number of nitrogens with one attached hydrogen (secondary N) is 1. The molecule has 5 heteroatoms. The van der Waals surface area contributed by atoms with E-state index >= 15 is 0 Å². The minimum absolute atomic E-state index is 0.0752. The summed E-state index contributed by atoms with van der Waals surface area (Å²) in [7, 11) is -0.973. The Hall–Kier alpha value is -1.49. The van der Waals surface area contributed by atoms with E-state index in [0.717, 1.165) is 16.9 Å². The number of rotatable bonds is 2. The zero-order chi connectivity index (χ0) is 12.4. The smallest absolute Gasteiger partial charge is 0.534 e. The van der Waals surface area contributed by atoms with Crippen LogP contribution in [0.4, 0.5) is 0 Å². The molecule has 0 fully saturated rings. The van der Waals surface area contributed by atoms with E-state index in [-0.39, 0.29) is 11.8 Å². The van der Waals surface area contributed by atoms with E-state index in [0.29, 0.717) is 12.8 Å². The molecule has 90 valence electrons. The van der Waals surface area contributed by atoms with Gasteiger partial charge in [0.15, 0.2) is 0 Å². The summed E-state index contributed by atoms with van der Waals surface area (Å²) >= 11 is 0. The first-order valence-electron chi connectivity index (χ1n) is 5.84. The van der Waals surface area contributed by atoms with E-state index in [1.807, 2.05) is 25.1 Å². The van der Waals surface area contributed by atoms with Gasteiger partial charge < -0.3 is 15.0 Å². The average Bonchev–Trinajstić information content (AvgIpc) is 2.31. The van der Waals surface area contributed by atoms with Crippen LogP contribution in [0.1, 0.15) is 24.5 Å². The second-order valence-corrected chi connectivity index (χ2v) is 4.30. The van der Waals surface area contributed by atoms with Gasteiger partial charge in [0.05, 0.1) is 5.94 Å². The molecule has 2 rings (SSSR count). The molecule has 0 aliphatic carbocycles. The monoisotopic (exact) mass is 233 g/mol. The van der Waals surface area contributed by atoms with Crippen LogP contribution in [0.3, 0.4) is 0 Å². The van der Waals surface area contributed by atoms with Crippen molar-refractivity contribution in [2.24, 2.45) is 0 Å². The van der Waals surface area contributed by atoms with Gasteiger partial charge in [0.1, 0.15) is 5.75 Å². The Balaban J connectivity index is 2.18. The normalized spacial score (nSPS) is 18.3. The van der Waals surface area contributed by atoms with Crippen LogP contribution in [-0.2, 0) is 11.2 Å². The molecular formula is C12H16BNO3. The van der Waals surface area contributed by atoms with Crippen molar-refractivity contribution >= 4 is 13.0 Å². The molecule has 17 heavy (non-hydrogen) atoms. The summed E-state index contributed by atoms with van der Waals surface area (Å²) in [6.45, 7) is 3.72. The van der Waals surface area contributed by atoms with Crippen molar-refractivity contribution in [2.75, 3.05) is 0 Å². The lowest BCUT2D eigenvalue weighted by Gasteiger charge is -2.28. The third-order valence-corrected chi connectivity index (χ3v) is 2.98. The first kappa shape index (κ1) is 12.0. The highest BCUT2D eigenvalue weighted by atomic mass is 16.5. The molecule has 0 radical (unpaired) electrons. The average molecular weight is 233 g/mol. The summed E-state index contributed by atoms with van der Waals surface area (Å²) in [6.07, 6.45) is 1.01. The lowest BCUT2D eigenvalue weighted by atomic mass is 9.72. The minimum Gasteiger partial charge on any atom is -0.534 e. The molecule has 0 bridgehead atoms. The van der Waals surface area contributed by atoms with Crippen LogP contribution in [0.5, 0.6) is 5.75 Å². The topological polar surface area (TPSA) is 58.6 Å². The number of carbonyl (C=O) groups excluding carboxylic acids is 1. The number of carbonyl (C=O) groups is 1. The highest BCUT2D eigenvalue weighted by molar-refractivity contribution is 6.46. The van der Waals surface area contributed by atoms with Gasteiger partial charge in [-0.25, -0.2) is 0 Å². The molecule has 1 amide bonds. The number of amides is 1. The number of hydrogen-bond donors (Lipinski definition) is 2. The maximum absolute atomic E-state index is 11.3. The van der Waals surface area contributed by atoms with Crippen molar-refractivity contribution in [3.63, 3.8) is 0 Å². The van der Waals surface area contributed by atoms with Crippen molar-refractivity contribution < 1.29 is 14.5 Å². The molecular weight excluding hydrogens is 217 g/mol. The van der Waals surface area contributed by atoms with E-state index in [1.54, 1.807) is 6.92 Å². The molecule has 1 heterocycles. The fourth-order valence-electron chi connectivity index (χ4n) is 2.01. The Labute approximate surface area is 101 Å². The van der Waals surface area contributed by atoms with Crippen LogP contribution in [0.25, 0.3) is 0 Å².